The molecular formula is C21H19NO3S. The van der Waals surface area contributed by atoms with E-state index in [2.05, 4.69) is 4.40 Å². The van der Waals surface area contributed by atoms with Crippen LogP contribution in [0, 0.1) is 6.92 Å². The van der Waals surface area contributed by atoms with E-state index in [1.165, 1.54) is 0 Å². The summed E-state index contributed by atoms with van der Waals surface area (Å²) in [6.07, 6.45) is 0.279. The fourth-order valence-corrected chi connectivity index (χ4v) is 3.33. The van der Waals surface area contributed by atoms with E-state index in [1.54, 1.807) is 36.4 Å². The standard InChI is InChI=1S/C21H19NO3S/c1-17-12-14-20(15-13-17)26(23,24)22-21(16-18-8-4-2-5-9-18)25-19-10-6-3-7-11-19/h2-15H,16H2,1H3/b22-21-. The lowest BCUT2D eigenvalue weighted by Gasteiger charge is -2.10. The average molecular weight is 365 g/mol. The number of hydrogen-bond donors (Lipinski definition) is 0. The largest absolute Gasteiger partial charge is 0.442 e. The van der Waals surface area contributed by atoms with Crippen LogP contribution in [0.3, 0.4) is 0 Å². The van der Waals surface area contributed by atoms with Gasteiger partial charge in [0.15, 0.2) is 0 Å². The first-order chi connectivity index (χ1) is 12.5. The van der Waals surface area contributed by atoms with Gasteiger partial charge in [-0.05, 0) is 36.8 Å². The molecule has 0 aliphatic rings. The summed E-state index contributed by atoms with van der Waals surface area (Å²) in [6, 6.07) is 25.1. The molecule has 0 saturated heterocycles. The van der Waals surface area contributed by atoms with Gasteiger partial charge in [0.05, 0.1) is 11.3 Å². The summed E-state index contributed by atoms with van der Waals surface area (Å²) in [6.45, 7) is 1.90. The second kappa shape index (κ2) is 7.97. The summed E-state index contributed by atoms with van der Waals surface area (Å²) in [7, 11) is -3.85. The Bertz CT molecular complexity index is 937. The van der Waals surface area contributed by atoms with Gasteiger partial charge in [0.25, 0.3) is 10.0 Å². The molecule has 3 rings (SSSR count). The quantitative estimate of drug-likeness (QED) is 0.497. The van der Waals surface area contributed by atoms with Crippen molar-refractivity contribution in [2.45, 2.75) is 18.2 Å². The number of ether oxygens (including phenoxy) is 1. The van der Waals surface area contributed by atoms with E-state index in [9.17, 15) is 8.42 Å². The van der Waals surface area contributed by atoms with Crippen molar-refractivity contribution in [3.63, 3.8) is 0 Å². The first kappa shape index (κ1) is 17.9. The Labute approximate surface area is 153 Å². The highest BCUT2D eigenvalue weighted by Crippen LogP contribution is 2.17. The van der Waals surface area contributed by atoms with Gasteiger partial charge in [-0.3, -0.25) is 0 Å². The van der Waals surface area contributed by atoms with Gasteiger partial charge in [-0.1, -0.05) is 66.2 Å². The van der Waals surface area contributed by atoms with Gasteiger partial charge in [-0.2, -0.15) is 8.42 Å². The van der Waals surface area contributed by atoms with Gasteiger partial charge < -0.3 is 4.74 Å². The SMILES string of the molecule is Cc1ccc(S(=O)(=O)/N=C(/Cc2ccccc2)Oc2ccccc2)cc1. The number of rotatable bonds is 5. The second-order valence-electron chi connectivity index (χ2n) is 5.85. The Morgan fingerprint density at radius 1 is 0.846 bits per heavy atom. The maximum Gasteiger partial charge on any atom is 0.285 e. The van der Waals surface area contributed by atoms with E-state index in [0.29, 0.717) is 5.75 Å². The van der Waals surface area contributed by atoms with E-state index >= 15 is 0 Å². The molecule has 0 unspecified atom stereocenters. The molecule has 0 amide bonds. The predicted octanol–water partition coefficient (Wildman–Crippen LogP) is 4.40. The van der Waals surface area contributed by atoms with Gasteiger partial charge in [0, 0.05) is 0 Å². The Kier molecular flexibility index (Phi) is 5.49. The van der Waals surface area contributed by atoms with Crippen molar-refractivity contribution in [1.29, 1.82) is 0 Å². The summed E-state index contributed by atoms with van der Waals surface area (Å²) in [5.74, 6) is 0.671. The van der Waals surface area contributed by atoms with E-state index in [1.807, 2.05) is 55.5 Å². The summed E-state index contributed by atoms with van der Waals surface area (Å²) in [5, 5.41) is 0. The lowest BCUT2D eigenvalue weighted by Crippen LogP contribution is -2.15. The van der Waals surface area contributed by atoms with Crippen molar-refractivity contribution in [2.75, 3.05) is 0 Å². The summed E-state index contributed by atoms with van der Waals surface area (Å²) >= 11 is 0. The highest BCUT2D eigenvalue weighted by atomic mass is 32.2. The number of sulfonamides is 1. The highest BCUT2D eigenvalue weighted by Gasteiger charge is 2.16. The van der Waals surface area contributed by atoms with Crippen LogP contribution >= 0.6 is 0 Å². The second-order valence-corrected chi connectivity index (χ2v) is 7.45. The zero-order valence-corrected chi connectivity index (χ0v) is 15.2. The summed E-state index contributed by atoms with van der Waals surface area (Å²) in [4.78, 5) is 0.144. The minimum atomic E-state index is -3.85. The first-order valence-electron chi connectivity index (χ1n) is 8.20. The molecule has 4 nitrogen and oxygen atoms in total. The fourth-order valence-electron chi connectivity index (χ4n) is 2.38. The smallest absolute Gasteiger partial charge is 0.285 e. The molecule has 0 saturated carbocycles. The zero-order valence-electron chi connectivity index (χ0n) is 14.4. The third-order valence-electron chi connectivity index (χ3n) is 3.72. The lowest BCUT2D eigenvalue weighted by atomic mass is 10.1. The Morgan fingerprint density at radius 2 is 1.42 bits per heavy atom. The van der Waals surface area contributed by atoms with Gasteiger partial charge in [0.2, 0.25) is 5.90 Å². The minimum absolute atomic E-state index is 0.128. The van der Waals surface area contributed by atoms with E-state index in [-0.39, 0.29) is 17.2 Å². The van der Waals surface area contributed by atoms with Crippen molar-refractivity contribution in [2.24, 2.45) is 4.40 Å². The van der Waals surface area contributed by atoms with Gasteiger partial charge in [0.1, 0.15) is 5.75 Å². The molecule has 0 bridgehead atoms. The van der Waals surface area contributed by atoms with Crippen LogP contribution in [0.5, 0.6) is 5.75 Å². The van der Waals surface area contributed by atoms with Gasteiger partial charge >= 0.3 is 0 Å². The Morgan fingerprint density at radius 3 is 2.04 bits per heavy atom. The normalized spacial score (nSPS) is 12.0. The fraction of sp³-hybridized carbons (Fsp3) is 0.0952. The molecule has 0 aromatic heterocycles. The number of nitrogens with zero attached hydrogens (tertiary/aromatic N) is 1. The molecule has 0 heterocycles. The molecule has 3 aromatic rings. The van der Waals surface area contributed by atoms with Crippen molar-refractivity contribution in [1.82, 2.24) is 0 Å². The molecule has 0 spiro atoms. The maximum absolute atomic E-state index is 12.7. The van der Waals surface area contributed by atoms with Crippen molar-refractivity contribution in [3.05, 3.63) is 96.1 Å². The van der Waals surface area contributed by atoms with Crippen molar-refractivity contribution in [3.8, 4) is 5.75 Å². The highest BCUT2D eigenvalue weighted by molar-refractivity contribution is 7.90. The maximum atomic E-state index is 12.7. The molecule has 3 aromatic carbocycles. The first-order valence-corrected chi connectivity index (χ1v) is 9.64. The number of aryl methyl sites for hydroxylation is 1. The molecule has 0 aliphatic carbocycles. The molecule has 26 heavy (non-hydrogen) atoms. The van der Waals surface area contributed by atoms with Crippen LogP contribution in [0.2, 0.25) is 0 Å². The van der Waals surface area contributed by atoms with E-state index in [4.69, 9.17) is 4.74 Å². The van der Waals surface area contributed by atoms with Crippen molar-refractivity contribution >= 4 is 15.9 Å². The van der Waals surface area contributed by atoms with E-state index in [0.717, 1.165) is 11.1 Å². The van der Waals surface area contributed by atoms with Crippen molar-refractivity contribution < 1.29 is 13.2 Å². The molecule has 0 radical (unpaired) electrons. The van der Waals surface area contributed by atoms with Crippen LogP contribution in [0.4, 0.5) is 0 Å². The Hall–Kier alpha value is -2.92. The van der Waals surface area contributed by atoms with E-state index < -0.39 is 10.0 Å². The molecule has 0 aliphatic heterocycles. The lowest BCUT2D eigenvalue weighted by molar-refractivity contribution is 0.537. The van der Waals surface area contributed by atoms with Crippen LogP contribution in [0.15, 0.2) is 94.2 Å². The third-order valence-corrected chi connectivity index (χ3v) is 5.03. The number of para-hydroxylation sites is 1. The third kappa shape index (κ3) is 4.80. The van der Waals surface area contributed by atoms with Crippen LogP contribution < -0.4 is 4.74 Å². The van der Waals surface area contributed by atoms with Crippen LogP contribution in [0.25, 0.3) is 0 Å². The predicted molar refractivity (Wildman–Crippen MR) is 103 cm³/mol. The molecule has 5 heteroatoms. The summed E-state index contributed by atoms with van der Waals surface area (Å²) in [5.41, 5.74) is 1.90. The molecule has 0 N–H and O–H groups in total. The number of benzene rings is 3. The monoisotopic (exact) mass is 365 g/mol. The van der Waals surface area contributed by atoms with Crippen LogP contribution in [-0.4, -0.2) is 14.3 Å². The molecular weight excluding hydrogens is 346 g/mol. The average Bonchev–Trinajstić information content (AvgIpc) is 2.63. The van der Waals surface area contributed by atoms with Crippen LogP contribution in [-0.2, 0) is 16.4 Å². The minimum Gasteiger partial charge on any atom is -0.442 e. The summed E-state index contributed by atoms with van der Waals surface area (Å²) < 4.78 is 35.1. The van der Waals surface area contributed by atoms with Crippen LogP contribution in [0.1, 0.15) is 11.1 Å². The number of hydrogen-bond acceptors (Lipinski definition) is 3. The molecule has 0 atom stereocenters. The Balaban J connectivity index is 1.95. The van der Waals surface area contributed by atoms with Gasteiger partial charge in [-0.25, -0.2) is 0 Å². The topological polar surface area (TPSA) is 55.7 Å². The molecule has 132 valence electrons. The zero-order chi connectivity index (χ0) is 18.4. The molecule has 0 fully saturated rings. The van der Waals surface area contributed by atoms with Gasteiger partial charge in [-0.15, -0.1) is 4.40 Å².